The second-order valence-corrected chi connectivity index (χ2v) is 7.41. The van der Waals surface area contributed by atoms with E-state index in [1.807, 2.05) is 12.1 Å². The molecule has 2 heterocycles. The van der Waals surface area contributed by atoms with E-state index >= 15 is 0 Å². The zero-order valence-corrected chi connectivity index (χ0v) is 14.2. The van der Waals surface area contributed by atoms with E-state index in [0.717, 1.165) is 43.8 Å². The molecule has 0 bridgehead atoms. The van der Waals surface area contributed by atoms with Crippen LogP contribution in [0, 0.1) is 11.5 Å². The van der Waals surface area contributed by atoms with Crippen LogP contribution < -0.4 is 0 Å². The van der Waals surface area contributed by atoms with Gasteiger partial charge in [-0.25, -0.2) is 0 Å². The number of benzene rings is 1. The number of nitrogens with zero attached hydrogens (tertiary/aromatic N) is 4. The molecule has 0 N–H and O–H groups in total. The molecule has 1 spiro atoms. The third-order valence-electron chi connectivity index (χ3n) is 5.42. The van der Waals surface area contributed by atoms with E-state index in [2.05, 4.69) is 27.2 Å². The number of hydrogen-bond acceptors (Lipinski definition) is 5. The van der Waals surface area contributed by atoms with Crippen molar-refractivity contribution < 1.29 is 4.84 Å². The molecule has 2 aliphatic heterocycles. The number of rotatable bonds is 4. The largest absolute Gasteiger partial charge is 0.387 e. The molecule has 1 aromatic carbocycles. The topological polar surface area (TPSA) is 61.0 Å². The van der Waals surface area contributed by atoms with Crippen LogP contribution in [0.2, 0.25) is 5.02 Å². The lowest BCUT2D eigenvalue weighted by Crippen LogP contribution is -2.35. The molecule has 1 unspecified atom stereocenters. The molecule has 1 aromatic rings. The maximum Gasteiger partial charge on any atom is 0.205 e. The van der Waals surface area contributed by atoms with Gasteiger partial charge >= 0.3 is 0 Å². The highest BCUT2D eigenvalue weighted by Crippen LogP contribution is 2.53. The van der Waals surface area contributed by atoms with Gasteiger partial charge in [-0.3, -0.25) is 4.90 Å². The number of hydrogen-bond donors (Lipinski definition) is 0. The minimum Gasteiger partial charge on any atom is -0.387 e. The Morgan fingerprint density at radius 2 is 2.12 bits per heavy atom. The predicted molar refractivity (Wildman–Crippen MR) is 93.4 cm³/mol. The first-order chi connectivity index (χ1) is 11.7. The highest BCUT2D eigenvalue weighted by molar-refractivity contribution is 6.30. The summed E-state index contributed by atoms with van der Waals surface area (Å²) >= 11 is 6.02. The van der Waals surface area contributed by atoms with Crippen LogP contribution in [-0.4, -0.2) is 42.1 Å². The Hall–Kier alpha value is -1.90. The SMILES string of the molecule is N#CN=CCN1CCC2(CC(C3(c4ccc(Cl)cc4)CC3)=NO2)C1. The molecule has 3 aliphatic rings. The second-order valence-electron chi connectivity index (χ2n) is 6.97. The minimum atomic E-state index is -0.197. The molecule has 5 nitrogen and oxygen atoms in total. The van der Waals surface area contributed by atoms with Gasteiger partial charge in [-0.05, 0) is 30.5 Å². The lowest BCUT2D eigenvalue weighted by molar-refractivity contribution is -0.00895. The van der Waals surface area contributed by atoms with Gasteiger partial charge in [0.05, 0.1) is 5.71 Å². The lowest BCUT2D eigenvalue weighted by atomic mass is 9.84. The first-order valence-electron chi connectivity index (χ1n) is 8.30. The maximum atomic E-state index is 8.48. The Labute approximate surface area is 146 Å². The molecule has 0 amide bonds. The standard InChI is InChI=1S/C18H19ClN4O/c19-15-3-1-14(2-4-15)18(5-6-18)16-11-17(24-22-16)7-9-23(12-17)10-8-21-13-20/h1-4,8H,5-7,9-12H2. The van der Waals surface area contributed by atoms with Crippen molar-refractivity contribution >= 4 is 23.5 Å². The molecule has 6 heteroatoms. The molecular formula is C18H19ClN4O. The number of halogens is 1. The van der Waals surface area contributed by atoms with Crippen molar-refractivity contribution in [3.63, 3.8) is 0 Å². The molecule has 4 rings (SSSR count). The summed E-state index contributed by atoms with van der Waals surface area (Å²) in [5.74, 6) is 0. The summed E-state index contributed by atoms with van der Waals surface area (Å²) in [5.41, 5.74) is 2.33. The smallest absolute Gasteiger partial charge is 0.205 e. The van der Waals surface area contributed by atoms with Crippen LogP contribution in [-0.2, 0) is 10.3 Å². The number of oxime groups is 1. The van der Waals surface area contributed by atoms with E-state index in [1.165, 1.54) is 11.3 Å². The first kappa shape index (κ1) is 15.6. The Kier molecular flexibility index (Phi) is 3.82. The van der Waals surface area contributed by atoms with Gasteiger partial charge in [-0.2, -0.15) is 10.3 Å². The number of likely N-dealkylation sites (tertiary alicyclic amines) is 1. The van der Waals surface area contributed by atoms with Crippen molar-refractivity contribution in [2.45, 2.75) is 36.7 Å². The Bertz CT molecular complexity index is 732. The van der Waals surface area contributed by atoms with Crippen LogP contribution >= 0.6 is 11.6 Å². The van der Waals surface area contributed by atoms with Gasteiger partial charge in [-0.1, -0.05) is 28.9 Å². The van der Waals surface area contributed by atoms with Gasteiger partial charge in [0.15, 0.2) is 5.60 Å². The zero-order valence-electron chi connectivity index (χ0n) is 13.4. The summed E-state index contributed by atoms with van der Waals surface area (Å²) in [6, 6.07) is 8.13. The minimum absolute atomic E-state index is 0.0593. The first-order valence-corrected chi connectivity index (χ1v) is 8.68. The van der Waals surface area contributed by atoms with Gasteiger partial charge < -0.3 is 4.84 Å². The van der Waals surface area contributed by atoms with E-state index in [1.54, 1.807) is 12.4 Å². The van der Waals surface area contributed by atoms with Gasteiger partial charge in [0.2, 0.25) is 6.19 Å². The van der Waals surface area contributed by atoms with E-state index < -0.39 is 0 Å². The van der Waals surface area contributed by atoms with Crippen LogP contribution in [0.15, 0.2) is 34.4 Å². The highest BCUT2D eigenvalue weighted by Gasteiger charge is 2.55. The fourth-order valence-corrected chi connectivity index (χ4v) is 4.04. The van der Waals surface area contributed by atoms with Crippen molar-refractivity contribution in [1.29, 1.82) is 5.26 Å². The monoisotopic (exact) mass is 342 g/mol. The maximum absolute atomic E-state index is 8.48. The van der Waals surface area contributed by atoms with Gasteiger partial charge in [0, 0.05) is 49.1 Å². The van der Waals surface area contributed by atoms with Crippen molar-refractivity contribution in [1.82, 2.24) is 4.90 Å². The molecule has 1 aliphatic carbocycles. The Morgan fingerprint density at radius 1 is 1.33 bits per heavy atom. The average Bonchev–Trinajstić information content (AvgIpc) is 3.15. The molecule has 0 aromatic heterocycles. The van der Waals surface area contributed by atoms with Crippen LogP contribution in [0.25, 0.3) is 0 Å². The Balaban J connectivity index is 1.44. The van der Waals surface area contributed by atoms with Gasteiger partial charge in [0.25, 0.3) is 0 Å². The Morgan fingerprint density at radius 3 is 2.83 bits per heavy atom. The third kappa shape index (κ3) is 2.70. The summed E-state index contributed by atoms with van der Waals surface area (Å²) < 4.78 is 0. The van der Waals surface area contributed by atoms with Crippen molar-refractivity contribution in [3.05, 3.63) is 34.9 Å². The molecular weight excluding hydrogens is 324 g/mol. The van der Waals surface area contributed by atoms with E-state index in [9.17, 15) is 0 Å². The van der Waals surface area contributed by atoms with Crippen LogP contribution in [0.1, 0.15) is 31.2 Å². The van der Waals surface area contributed by atoms with Gasteiger partial charge in [-0.15, -0.1) is 0 Å². The highest BCUT2D eigenvalue weighted by atomic mass is 35.5. The van der Waals surface area contributed by atoms with Crippen molar-refractivity contribution in [3.8, 4) is 6.19 Å². The van der Waals surface area contributed by atoms with Crippen LogP contribution in [0.3, 0.4) is 0 Å². The zero-order chi connectivity index (χ0) is 16.6. The number of nitriles is 1. The number of aliphatic imine (C=N–C) groups is 1. The van der Waals surface area contributed by atoms with E-state index in [0.29, 0.717) is 6.54 Å². The van der Waals surface area contributed by atoms with Crippen LogP contribution in [0.4, 0.5) is 0 Å². The van der Waals surface area contributed by atoms with Gasteiger partial charge in [0.1, 0.15) is 0 Å². The van der Waals surface area contributed by atoms with E-state index in [4.69, 9.17) is 21.7 Å². The molecule has 24 heavy (non-hydrogen) atoms. The lowest BCUT2D eigenvalue weighted by Gasteiger charge is -2.22. The summed E-state index contributed by atoms with van der Waals surface area (Å²) in [4.78, 5) is 11.8. The van der Waals surface area contributed by atoms with Crippen molar-refractivity contribution in [2.24, 2.45) is 10.1 Å². The predicted octanol–water partition coefficient (Wildman–Crippen LogP) is 3.14. The molecule has 0 radical (unpaired) electrons. The quantitative estimate of drug-likeness (QED) is 0.623. The summed E-state index contributed by atoms with van der Waals surface area (Å²) in [6.45, 7) is 2.48. The summed E-state index contributed by atoms with van der Waals surface area (Å²) in [7, 11) is 0. The molecule has 2 fully saturated rings. The normalized spacial score (nSPS) is 28.1. The fourth-order valence-electron chi connectivity index (χ4n) is 3.92. The molecule has 1 atom stereocenters. The summed E-state index contributed by atoms with van der Waals surface area (Å²) in [6.07, 6.45) is 7.57. The fraction of sp³-hybridized carbons (Fsp3) is 0.500. The van der Waals surface area contributed by atoms with Crippen molar-refractivity contribution in [2.75, 3.05) is 19.6 Å². The van der Waals surface area contributed by atoms with Crippen LogP contribution in [0.5, 0.6) is 0 Å². The molecule has 124 valence electrons. The third-order valence-corrected chi connectivity index (χ3v) is 5.67. The molecule has 1 saturated carbocycles. The molecule has 1 saturated heterocycles. The summed E-state index contributed by atoms with van der Waals surface area (Å²) in [5, 5.41) is 13.8. The second kappa shape index (κ2) is 5.87. The average molecular weight is 343 g/mol. The van der Waals surface area contributed by atoms with E-state index in [-0.39, 0.29) is 11.0 Å².